The molecule has 38 heavy (non-hydrogen) atoms. The molecular weight excluding hydrogens is 479 g/mol. The van der Waals surface area contributed by atoms with E-state index in [9.17, 15) is 9.18 Å². The van der Waals surface area contributed by atoms with Crippen molar-refractivity contribution in [2.45, 2.75) is 18.9 Å². The van der Waals surface area contributed by atoms with Crippen molar-refractivity contribution in [2.75, 3.05) is 26.8 Å². The van der Waals surface area contributed by atoms with Gasteiger partial charge in [0.25, 0.3) is 0 Å². The molecule has 6 heteroatoms. The molecule has 0 saturated carbocycles. The molecule has 0 atom stereocenters. The quantitative estimate of drug-likeness (QED) is 0.222. The lowest BCUT2D eigenvalue weighted by Gasteiger charge is -2.29. The lowest BCUT2D eigenvalue weighted by atomic mass is 9.90. The Hall–Kier alpha value is -4.16. The molecular formula is C32H33FN2O3. The molecule has 0 unspecified atom stereocenters. The van der Waals surface area contributed by atoms with Crippen LogP contribution < -0.4 is 15.2 Å². The maximum atomic E-state index is 14.9. The predicted molar refractivity (Wildman–Crippen MR) is 148 cm³/mol. The molecule has 0 spiro atoms. The molecule has 4 aromatic rings. The Balaban J connectivity index is 1.50. The van der Waals surface area contributed by atoms with Crippen molar-refractivity contribution in [1.29, 1.82) is 0 Å². The van der Waals surface area contributed by atoms with Crippen molar-refractivity contribution < 1.29 is 18.7 Å². The lowest BCUT2D eigenvalue weighted by molar-refractivity contribution is 0.1000. The summed E-state index contributed by atoms with van der Waals surface area (Å²) < 4.78 is 26.0. The van der Waals surface area contributed by atoms with Crippen LogP contribution in [0, 0.1) is 5.82 Å². The maximum Gasteiger partial charge on any atom is 0.248 e. The number of hydrogen-bond acceptors (Lipinski definition) is 4. The molecule has 5 nitrogen and oxygen atoms in total. The van der Waals surface area contributed by atoms with Crippen LogP contribution in [-0.4, -0.2) is 37.6 Å². The van der Waals surface area contributed by atoms with E-state index in [1.54, 1.807) is 36.4 Å². The number of carbonyl (C=O) groups is 1. The van der Waals surface area contributed by atoms with E-state index in [1.807, 2.05) is 12.1 Å². The monoisotopic (exact) mass is 512 g/mol. The molecule has 0 aliphatic rings. The summed E-state index contributed by atoms with van der Waals surface area (Å²) >= 11 is 0. The molecule has 0 fully saturated rings. The molecule has 4 aromatic carbocycles. The average molecular weight is 513 g/mol. The molecule has 0 aliphatic carbocycles. The number of ether oxygens (including phenoxy) is 2. The summed E-state index contributed by atoms with van der Waals surface area (Å²) in [4.78, 5) is 13.6. The van der Waals surface area contributed by atoms with Crippen LogP contribution in [0.3, 0.4) is 0 Å². The van der Waals surface area contributed by atoms with Gasteiger partial charge < -0.3 is 15.2 Å². The fraction of sp³-hybridized carbons (Fsp3) is 0.219. The van der Waals surface area contributed by atoms with Crippen LogP contribution >= 0.6 is 0 Å². The summed E-state index contributed by atoms with van der Waals surface area (Å²) in [5.41, 5.74) is 8.80. The van der Waals surface area contributed by atoms with Gasteiger partial charge in [0.15, 0.2) is 0 Å². The van der Waals surface area contributed by atoms with Gasteiger partial charge in [-0.3, -0.25) is 9.69 Å². The zero-order chi connectivity index (χ0) is 26.7. The van der Waals surface area contributed by atoms with E-state index < -0.39 is 5.91 Å². The molecule has 0 saturated heterocycles. The van der Waals surface area contributed by atoms with Crippen LogP contribution in [0.1, 0.15) is 39.4 Å². The van der Waals surface area contributed by atoms with Gasteiger partial charge in [-0.1, -0.05) is 66.7 Å². The third kappa shape index (κ3) is 7.43. The topological polar surface area (TPSA) is 64.8 Å². The zero-order valence-electron chi connectivity index (χ0n) is 21.6. The minimum Gasteiger partial charge on any atom is -0.497 e. The smallest absolute Gasteiger partial charge is 0.248 e. The molecule has 4 rings (SSSR count). The summed E-state index contributed by atoms with van der Waals surface area (Å²) in [5.74, 6) is 0.552. The number of carbonyl (C=O) groups excluding carboxylic acids is 1. The molecule has 0 heterocycles. The highest BCUT2D eigenvalue weighted by molar-refractivity contribution is 5.92. The van der Waals surface area contributed by atoms with Gasteiger partial charge >= 0.3 is 0 Å². The zero-order valence-corrected chi connectivity index (χ0v) is 21.6. The van der Waals surface area contributed by atoms with Crippen molar-refractivity contribution in [1.82, 2.24) is 4.90 Å². The van der Waals surface area contributed by atoms with Gasteiger partial charge in [-0.15, -0.1) is 0 Å². The Labute approximate surface area is 223 Å². The Morgan fingerprint density at radius 3 is 2.03 bits per heavy atom. The largest absolute Gasteiger partial charge is 0.497 e. The number of hydrogen-bond donors (Lipinski definition) is 1. The van der Waals surface area contributed by atoms with E-state index >= 15 is 0 Å². The SMILES string of the molecule is COc1ccc(CN(CCCOc2ccc(C(N)=O)cc2)CC(c2ccccc2)c2ccccc2)c(F)c1. The van der Waals surface area contributed by atoms with Crippen LogP contribution in [0.2, 0.25) is 0 Å². The maximum absolute atomic E-state index is 14.9. The molecule has 0 aliphatic heterocycles. The number of benzene rings is 4. The Bertz CT molecular complexity index is 1260. The second-order valence-corrected chi connectivity index (χ2v) is 9.16. The fourth-order valence-corrected chi connectivity index (χ4v) is 4.48. The first kappa shape index (κ1) is 26.9. The van der Waals surface area contributed by atoms with Crippen molar-refractivity contribution in [3.8, 4) is 11.5 Å². The Morgan fingerprint density at radius 2 is 1.47 bits per heavy atom. The molecule has 196 valence electrons. The first-order valence-electron chi connectivity index (χ1n) is 12.7. The second kappa shape index (κ2) is 13.4. The standard InChI is InChI=1S/C32H33FN2O3/c1-37-29-18-15-27(31(33)21-29)22-35(19-8-20-38-28-16-13-26(14-17-28)32(34)36)23-30(24-9-4-2-5-10-24)25-11-6-3-7-12-25/h2-7,9-18,21,30H,8,19-20,22-23H2,1H3,(H2,34,36). The second-order valence-electron chi connectivity index (χ2n) is 9.16. The summed E-state index contributed by atoms with van der Waals surface area (Å²) in [7, 11) is 1.53. The summed E-state index contributed by atoms with van der Waals surface area (Å²) in [6, 6.07) is 32.6. The number of nitrogens with two attached hydrogens (primary N) is 1. The first-order chi connectivity index (χ1) is 18.5. The van der Waals surface area contributed by atoms with Crippen molar-refractivity contribution in [3.63, 3.8) is 0 Å². The Kier molecular flexibility index (Phi) is 9.48. The third-order valence-corrected chi connectivity index (χ3v) is 6.53. The average Bonchev–Trinajstić information content (AvgIpc) is 2.95. The van der Waals surface area contributed by atoms with Crippen LogP contribution in [-0.2, 0) is 6.54 Å². The number of halogens is 1. The van der Waals surface area contributed by atoms with Crippen LogP contribution in [0.5, 0.6) is 11.5 Å². The number of rotatable bonds is 13. The van der Waals surface area contributed by atoms with Crippen LogP contribution in [0.4, 0.5) is 4.39 Å². The normalized spacial score (nSPS) is 11.1. The highest BCUT2D eigenvalue weighted by Crippen LogP contribution is 2.27. The van der Waals surface area contributed by atoms with Gasteiger partial charge in [0.1, 0.15) is 17.3 Å². The van der Waals surface area contributed by atoms with Gasteiger partial charge in [-0.25, -0.2) is 4.39 Å². The summed E-state index contributed by atoms with van der Waals surface area (Å²) in [6.07, 6.45) is 0.742. The summed E-state index contributed by atoms with van der Waals surface area (Å²) in [6.45, 7) is 2.37. The summed E-state index contributed by atoms with van der Waals surface area (Å²) in [5, 5.41) is 0. The van der Waals surface area contributed by atoms with E-state index in [1.165, 1.54) is 24.3 Å². The van der Waals surface area contributed by atoms with E-state index in [0.29, 0.717) is 48.9 Å². The minimum atomic E-state index is -0.468. The number of primary amides is 1. The van der Waals surface area contributed by atoms with Crippen molar-refractivity contribution in [2.24, 2.45) is 5.73 Å². The molecule has 2 N–H and O–H groups in total. The van der Waals surface area contributed by atoms with Crippen LogP contribution in [0.25, 0.3) is 0 Å². The highest BCUT2D eigenvalue weighted by Gasteiger charge is 2.20. The van der Waals surface area contributed by atoms with Gasteiger partial charge in [0.2, 0.25) is 5.91 Å². The van der Waals surface area contributed by atoms with Gasteiger partial charge in [-0.2, -0.15) is 0 Å². The fourth-order valence-electron chi connectivity index (χ4n) is 4.48. The third-order valence-electron chi connectivity index (χ3n) is 6.53. The highest BCUT2D eigenvalue weighted by atomic mass is 19.1. The van der Waals surface area contributed by atoms with E-state index in [0.717, 1.165) is 6.42 Å². The van der Waals surface area contributed by atoms with Crippen molar-refractivity contribution in [3.05, 3.63) is 131 Å². The lowest BCUT2D eigenvalue weighted by Crippen LogP contribution is -2.31. The number of nitrogens with zero attached hydrogens (tertiary/aromatic N) is 1. The predicted octanol–water partition coefficient (Wildman–Crippen LogP) is 6.04. The van der Waals surface area contributed by atoms with Crippen molar-refractivity contribution >= 4 is 5.91 Å². The number of amides is 1. The molecule has 0 bridgehead atoms. The molecule has 0 radical (unpaired) electrons. The van der Waals surface area contributed by atoms with Gasteiger partial charge in [0, 0.05) is 42.7 Å². The van der Waals surface area contributed by atoms with E-state index in [-0.39, 0.29) is 11.7 Å². The number of methoxy groups -OCH3 is 1. The first-order valence-corrected chi connectivity index (χ1v) is 12.7. The van der Waals surface area contributed by atoms with Gasteiger partial charge in [0.05, 0.1) is 13.7 Å². The van der Waals surface area contributed by atoms with Crippen LogP contribution in [0.15, 0.2) is 103 Å². The minimum absolute atomic E-state index is 0.126. The van der Waals surface area contributed by atoms with Gasteiger partial charge in [-0.05, 0) is 47.9 Å². The molecule has 0 aromatic heterocycles. The molecule has 1 amide bonds. The van der Waals surface area contributed by atoms with E-state index in [2.05, 4.69) is 53.4 Å². The van der Waals surface area contributed by atoms with E-state index in [4.69, 9.17) is 15.2 Å². The Morgan fingerprint density at radius 1 is 0.868 bits per heavy atom.